The first-order chi connectivity index (χ1) is 16.3. The van der Waals surface area contributed by atoms with Gasteiger partial charge < -0.3 is 20.4 Å². The highest BCUT2D eigenvalue weighted by molar-refractivity contribution is 7.99. The summed E-state index contributed by atoms with van der Waals surface area (Å²) in [6.45, 7) is 4.30. The van der Waals surface area contributed by atoms with E-state index in [1.54, 1.807) is 18.3 Å². The molecule has 3 aromatic rings. The largest absolute Gasteiger partial charge is 0.465 e. The molecule has 0 fully saturated rings. The van der Waals surface area contributed by atoms with Crippen molar-refractivity contribution >= 4 is 57.2 Å². The number of carbonyl (C=O) groups excluding carboxylic acids is 3. The van der Waals surface area contributed by atoms with Gasteiger partial charge in [0.2, 0.25) is 5.91 Å². The van der Waals surface area contributed by atoms with Crippen LogP contribution in [0.25, 0.3) is 11.4 Å². The number of hydrogen-bond donors (Lipinski definition) is 2. The van der Waals surface area contributed by atoms with E-state index < -0.39 is 11.9 Å². The lowest BCUT2D eigenvalue weighted by atomic mass is 9.96. The fourth-order valence-corrected chi connectivity index (χ4v) is 7.03. The second-order valence-electron chi connectivity index (χ2n) is 7.76. The molecule has 3 heterocycles. The normalized spacial score (nSPS) is 12.9. The van der Waals surface area contributed by atoms with Gasteiger partial charge in [0, 0.05) is 22.4 Å². The third-order valence-corrected chi connectivity index (χ3v) is 8.96. The quantitative estimate of drug-likeness (QED) is 0.341. The molecule has 2 amide bonds. The Morgan fingerprint density at radius 2 is 2.03 bits per heavy atom. The molecule has 0 saturated heterocycles. The topological polar surface area (TPSA) is 129 Å². The Balaban J connectivity index is 1.50. The van der Waals surface area contributed by atoms with Gasteiger partial charge in [-0.15, -0.1) is 32.9 Å². The van der Waals surface area contributed by atoms with E-state index in [2.05, 4.69) is 20.9 Å². The van der Waals surface area contributed by atoms with Crippen molar-refractivity contribution in [2.75, 3.05) is 18.2 Å². The molecule has 1 aliphatic carbocycles. The fraction of sp³-hybridized carbons (Fsp3) is 0.409. The first-order valence-corrected chi connectivity index (χ1v) is 13.5. The zero-order chi connectivity index (χ0) is 24.4. The predicted octanol–water partition coefficient (Wildman–Crippen LogP) is 3.89. The third kappa shape index (κ3) is 4.62. The molecule has 0 aliphatic heterocycles. The van der Waals surface area contributed by atoms with Crippen LogP contribution in [-0.2, 0) is 28.9 Å². The second-order valence-corrected chi connectivity index (χ2v) is 10.7. The molecule has 12 heteroatoms. The van der Waals surface area contributed by atoms with Crippen molar-refractivity contribution in [3.63, 3.8) is 0 Å². The lowest BCUT2D eigenvalue weighted by Crippen LogP contribution is -2.16. The number of anilines is 1. The SMILES string of the molecule is CCn1c(SCC(=O)Nc2sc(C(N)=O)c(C)c2C(=O)OC)nnc1-c1csc2c1CCCC2. The van der Waals surface area contributed by atoms with Gasteiger partial charge >= 0.3 is 5.97 Å². The molecule has 3 N–H and O–H groups in total. The smallest absolute Gasteiger partial charge is 0.341 e. The second kappa shape index (κ2) is 10.3. The molecule has 0 spiro atoms. The van der Waals surface area contributed by atoms with Gasteiger partial charge in [-0.25, -0.2) is 4.79 Å². The van der Waals surface area contributed by atoms with Gasteiger partial charge in [0.15, 0.2) is 11.0 Å². The monoisotopic (exact) mass is 519 g/mol. The summed E-state index contributed by atoms with van der Waals surface area (Å²) in [5.74, 6) is -0.755. The number of amides is 2. The first-order valence-electron chi connectivity index (χ1n) is 10.8. The Labute approximate surface area is 209 Å². The van der Waals surface area contributed by atoms with Crippen molar-refractivity contribution in [3.05, 3.63) is 31.8 Å². The average molecular weight is 520 g/mol. The number of aryl methyl sites for hydroxylation is 1. The van der Waals surface area contributed by atoms with Crippen LogP contribution in [0.4, 0.5) is 5.00 Å². The van der Waals surface area contributed by atoms with E-state index in [4.69, 9.17) is 10.5 Å². The van der Waals surface area contributed by atoms with Crippen molar-refractivity contribution < 1.29 is 19.1 Å². The maximum absolute atomic E-state index is 12.7. The Hall–Kier alpha value is -2.70. The van der Waals surface area contributed by atoms with Gasteiger partial charge in [-0.1, -0.05) is 11.8 Å². The molecule has 1 aliphatic rings. The van der Waals surface area contributed by atoms with Crippen LogP contribution < -0.4 is 11.1 Å². The highest BCUT2D eigenvalue weighted by Crippen LogP contribution is 2.37. The summed E-state index contributed by atoms with van der Waals surface area (Å²) >= 11 is 4.02. The molecule has 0 aromatic carbocycles. The van der Waals surface area contributed by atoms with E-state index in [0.29, 0.717) is 17.3 Å². The highest BCUT2D eigenvalue weighted by Gasteiger charge is 2.26. The number of thioether (sulfide) groups is 1. The molecule has 9 nitrogen and oxygen atoms in total. The number of thiophene rings is 2. The molecular formula is C22H25N5O4S3. The molecule has 34 heavy (non-hydrogen) atoms. The van der Waals surface area contributed by atoms with Crippen molar-refractivity contribution in [1.82, 2.24) is 14.8 Å². The zero-order valence-electron chi connectivity index (χ0n) is 19.1. The molecule has 0 unspecified atom stereocenters. The average Bonchev–Trinajstić information content (AvgIpc) is 3.51. The Bertz CT molecular complexity index is 1260. The van der Waals surface area contributed by atoms with Crippen LogP contribution in [0.5, 0.6) is 0 Å². The van der Waals surface area contributed by atoms with Crippen molar-refractivity contribution in [1.29, 1.82) is 0 Å². The molecule has 3 aromatic heterocycles. The standard InChI is InChI=1S/C22H25N5O4S3/c1-4-27-19(13-9-32-14-8-6-5-7-12(13)14)25-26-22(27)33-10-15(28)24-20-16(21(30)31-3)11(2)17(34-20)18(23)29/h9H,4-8,10H2,1-3H3,(H2,23,29)(H,24,28). The molecule has 0 atom stereocenters. The van der Waals surface area contributed by atoms with Gasteiger partial charge in [0.05, 0.1) is 23.3 Å². The number of ether oxygens (including phenoxy) is 1. The summed E-state index contributed by atoms with van der Waals surface area (Å²) < 4.78 is 6.83. The minimum Gasteiger partial charge on any atom is -0.465 e. The minimum atomic E-state index is -0.665. The molecule has 4 rings (SSSR count). The Morgan fingerprint density at radius 3 is 2.74 bits per heavy atom. The Kier molecular flexibility index (Phi) is 7.39. The van der Waals surface area contributed by atoms with E-state index in [-0.39, 0.29) is 27.1 Å². The van der Waals surface area contributed by atoms with E-state index in [0.717, 1.165) is 35.6 Å². The number of rotatable bonds is 8. The van der Waals surface area contributed by atoms with Gasteiger partial charge in [-0.05, 0) is 50.7 Å². The van der Waals surface area contributed by atoms with Crippen LogP contribution in [0, 0.1) is 6.92 Å². The molecule has 180 valence electrons. The van der Waals surface area contributed by atoms with Crippen molar-refractivity contribution in [3.8, 4) is 11.4 Å². The number of nitrogens with two attached hydrogens (primary N) is 1. The third-order valence-electron chi connectivity index (χ3n) is 5.68. The van der Waals surface area contributed by atoms with Crippen LogP contribution in [0.2, 0.25) is 0 Å². The van der Waals surface area contributed by atoms with Crippen LogP contribution in [0.15, 0.2) is 10.5 Å². The molecular weight excluding hydrogens is 494 g/mol. The summed E-state index contributed by atoms with van der Waals surface area (Å²) in [4.78, 5) is 38.3. The summed E-state index contributed by atoms with van der Waals surface area (Å²) in [7, 11) is 1.24. The van der Waals surface area contributed by atoms with Crippen LogP contribution in [-0.4, -0.2) is 45.4 Å². The Morgan fingerprint density at radius 1 is 1.26 bits per heavy atom. The number of primary amides is 1. The van der Waals surface area contributed by atoms with Gasteiger partial charge in [-0.2, -0.15) is 0 Å². The van der Waals surface area contributed by atoms with Crippen LogP contribution in [0.3, 0.4) is 0 Å². The van der Waals surface area contributed by atoms with Gasteiger partial charge in [0.1, 0.15) is 5.00 Å². The number of hydrogen-bond acceptors (Lipinski definition) is 9. The van der Waals surface area contributed by atoms with Crippen LogP contribution >= 0.6 is 34.4 Å². The van der Waals surface area contributed by atoms with E-state index in [1.165, 1.54) is 42.2 Å². The number of aromatic nitrogens is 3. The predicted molar refractivity (Wildman–Crippen MR) is 134 cm³/mol. The molecule has 0 saturated carbocycles. The number of nitrogens with zero attached hydrogens (tertiary/aromatic N) is 3. The number of esters is 1. The maximum atomic E-state index is 12.7. The fourth-order valence-electron chi connectivity index (χ4n) is 4.04. The minimum absolute atomic E-state index is 0.0589. The summed E-state index contributed by atoms with van der Waals surface area (Å²) in [6, 6.07) is 0. The van der Waals surface area contributed by atoms with Crippen LogP contribution in [0.1, 0.15) is 55.8 Å². The first kappa shape index (κ1) is 24.4. The van der Waals surface area contributed by atoms with E-state index >= 15 is 0 Å². The highest BCUT2D eigenvalue weighted by atomic mass is 32.2. The number of methoxy groups -OCH3 is 1. The number of nitrogens with one attached hydrogen (secondary N) is 1. The van der Waals surface area contributed by atoms with E-state index in [9.17, 15) is 14.4 Å². The lowest BCUT2D eigenvalue weighted by Gasteiger charge is -2.13. The number of carbonyl (C=O) groups is 3. The van der Waals surface area contributed by atoms with Gasteiger partial charge in [0.25, 0.3) is 5.91 Å². The molecule has 0 bridgehead atoms. The maximum Gasteiger partial charge on any atom is 0.341 e. The van der Waals surface area contributed by atoms with Gasteiger partial charge in [-0.3, -0.25) is 9.59 Å². The summed E-state index contributed by atoms with van der Waals surface area (Å²) in [6.07, 6.45) is 4.60. The zero-order valence-corrected chi connectivity index (χ0v) is 21.5. The lowest BCUT2D eigenvalue weighted by molar-refractivity contribution is -0.113. The summed E-state index contributed by atoms with van der Waals surface area (Å²) in [5.41, 5.74) is 8.45. The molecule has 0 radical (unpaired) electrons. The van der Waals surface area contributed by atoms with E-state index in [1.807, 2.05) is 11.5 Å². The number of fused-ring (bicyclic) bond motifs is 1. The van der Waals surface area contributed by atoms with Crippen molar-refractivity contribution in [2.24, 2.45) is 5.73 Å². The summed E-state index contributed by atoms with van der Waals surface area (Å²) in [5, 5.41) is 14.6. The van der Waals surface area contributed by atoms with Crippen molar-refractivity contribution in [2.45, 2.75) is 51.2 Å².